The summed E-state index contributed by atoms with van der Waals surface area (Å²) in [5, 5.41) is 3.63. The third-order valence-electron chi connectivity index (χ3n) is 1.68. The van der Waals surface area contributed by atoms with Crippen LogP contribution in [-0.4, -0.2) is 15.1 Å². The van der Waals surface area contributed by atoms with Gasteiger partial charge in [-0.2, -0.15) is 4.98 Å². The van der Waals surface area contributed by atoms with Crippen molar-refractivity contribution < 1.29 is 4.52 Å². The zero-order valence-electron chi connectivity index (χ0n) is 7.23. The number of hydrogen-bond donors (Lipinski definition) is 2. The number of rotatable bonds is 2. The molecule has 0 aromatic carbocycles. The van der Waals surface area contributed by atoms with Gasteiger partial charge >= 0.3 is 0 Å². The molecule has 6 nitrogen and oxygen atoms in total. The fourth-order valence-electron chi connectivity index (χ4n) is 0.998. The molecule has 0 aliphatic rings. The monoisotopic (exact) mass is 192 g/mol. The molecular formula is C8H8N4O2. The summed E-state index contributed by atoms with van der Waals surface area (Å²) in [7, 11) is 0. The predicted molar refractivity (Wildman–Crippen MR) is 48.2 cm³/mol. The van der Waals surface area contributed by atoms with Crippen LogP contribution in [0.15, 0.2) is 27.6 Å². The predicted octanol–water partition coefficient (Wildman–Crippen LogP) is -0.116. The van der Waals surface area contributed by atoms with Crippen LogP contribution in [0.3, 0.4) is 0 Å². The van der Waals surface area contributed by atoms with Gasteiger partial charge in [0.2, 0.25) is 5.56 Å². The van der Waals surface area contributed by atoms with Crippen LogP contribution in [0, 0.1) is 0 Å². The van der Waals surface area contributed by atoms with E-state index in [1.54, 1.807) is 6.07 Å². The Kier molecular flexibility index (Phi) is 2.11. The molecule has 0 spiro atoms. The van der Waals surface area contributed by atoms with Crippen molar-refractivity contribution in [3.05, 3.63) is 34.5 Å². The van der Waals surface area contributed by atoms with E-state index in [0.29, 0.717) is 17.3 Å². The van der Waals surface area contributed by atoms with Crippen molar-refractivity contribution in [2.45, 2.75) is 6.54 Å². The van der Waals surface area contributed by atoms with Crippen molar-refractivity contribution in [2.75, 3.05) is 0 Å². The first-order valence-electron chi connectivity index (χ1n) is 4.01. The lowest BCUT2D eigenvalue weighted by Gasteiger charge is -1.90. The van der Waals surface area contributed by atoms with Gasteiger partial charge in [-0.25, -0.2) is 0 Å². The quantitative estimate of drug-likeness (QED) is 0.691. The first-order valence-corrected chi connectivity index (χ1v) is 4.01. The summed E-state index contributed by atoms with van der Waals surface area (Å²) in [5.41, 5.74) is 5.81. The van der Waals surface area contributed by atoms with Crippen molar-refractivity contribution in [1.29, 1.82) is 0 Å². The van der Waals surface area contributed by atoms with Crippen LogP contribution in [0.2, 0.25) is 0 Å². The molecule has 72 valence electrons. The van der Waals surface area contributed by atoms with Crippen LogP contribution in [0.25, 0.3) is 11.5 Å². The molecule has 0 aliphatic carbocycles. The van der Waals surface area contributed by atoms with Gasteiger partial charge in [0.05, 0.1) is 12.1 Å². The molecule has 3 N–H and O–H groups in total. The molecule has 0 amide bonds. The molecule has 2 aromatic heterocycles. The Labute approximate surface area is 78.8 Å². The third kappa shape index (κ3) is 1.55. The van der Waals surface area contributed by atoms with E-state index in [9.17, 15) is 4.79 Å². The van der Waals surface area contributed by atoms with Crippen LogP contribution < -0.4 is 11.3 Å². The normalized spacial score (nSPS) is 10.4. The zero-order chi connectivity index (χ0) is 9.97. The molecule has 0 saturated carbocycles. The smallest absolute Gasteiger partial charge is 0.259 e. The Hall–Kier alpha value is -1.95. The second-order valence-electron chi connectivity index (χ2n) is 2.66. The van der Waals surface area contributed by atoms with Crippen molar-refractivity contribution >= 4 is 0 Å². The van der Waals surface area contributed by atoms with Gasteiger partial charge in [-0.05, 0) is 6.07 Å². The molecular weight excluding hydrogens is 184 g/mol. The van der Waals surface area contributed by atoms with Gasteiger partial charge < -0.3 is 15.2 Å². The highest BCUT2D eigenvalue weighted by molar-refractivity contribution is 5.50. The molecule has 0 fully saturated rings. The number of nitrogens with one attached hydrogen (secondary N) is 1. The maximum atomic E-state index is 10.8. The van der Waals surface area contributed by atoms with E-state index >= 15 is 0 Å². The summed E-state index contributed by atoms with van der Waals surface area (Å²) in [5.74, 6) is 0.785. The average Bonchev–Trinajstić information content (AvgIpc) is 2.67. The number of pyridine rings is 1. The molecule has 2 aromatic rings. The van der Waals surface area contributed by atoms with E-state index in [-0.39, 0.29) is 12.1 Å². The first kappa shape index (κ1) is 8.64. The van der Waals surface area contributed by atoms with Crippen LogP contribution in [0.5, 0.6) is 0 Å². The molecule has 6 heteroatoms. The van der Waals surface area contributed by atoms with E-state index in [2.05, 4.69) is 15.1 Å². The Morgan fingerprint density at radius 3 is 2.93 bits per heavy atom. The molecule has 14 heavy (non-hydrogen) atoms. The molecule has 2 rings (SSSR count). The maximum absolute atomic E-state index is 10.8. The summed E-state index contributed by atoms with van der Waals surface area (Å²) in [6.45, 7) is 0.229. The molecule has 0 aliphatic heterocycles. The number of nitrogens with zero attached hydrogens (tertiary/aromatic N) is 2. The molecule has 0 bridgehead atoms. The molecule has 0 saturated heterocycles. The number of hydrogen-bond acceptors (Lipinski definition) is 5. The zero-order valence-corrected chi connectivity index (χ0v) is 7.23. The van der Waals surface area contributed by atoms with E-state index in [0.717, 1.165) is 0 Å². The highest BCUT2D eigenvalue weighted by Crippen LogP contribution is 2.13. The minimum atomic E-state index is -0.174. The Balaban J connectivity index is 2.39. The summed E-state index contributed by atoms with van der Waals surface area (Å²) < 4.78 is 4.92. The second-order valence-corrected chi connectivity index (χ2v) is 2.66. The Bertz CT molecular complexity index is 468. The summed E-state index contributed by atoms with van der Waals surface area (Å²) in [6, 6.07) is 2.99. The van der Waals surface area contributed by atoms with E-state index in [1.807, 2.05) is 0 Å². The van der Waals surface area contributed by atoms with Gasteiger partial charge in [-0.3, -0.25) is 4.79 Å². The van der Waals surface area contributed by atoms with Gasteiger partial charge in [-0.15, -0.1) is 0 Å². The lowest BCUT2D eigenvalue weighted by Crippen LogP contribution is -2.01. The molecule has 0 atom stereocenters. The summed E-state index contributed by atoms with van der Waals surface area (Å²) >= 11 is 0. The van der Waals surface area contributed by atoms with Crippen LogP contribution in [-0.2, 0) is 6.54 Å². The van der Waals surface area contributed by atoms with Crippen molar-refractivity contribution in [3.8, 4) is 11.5 Å². The summed E-state index contributed by atoms with van der Waals surface area (Å²) in [4.78, 5) is 17.3. The molecule has 2 heterocycles. The fourth-order valence-corrected chi connectivity index (χ4v) is 0.998. The van der Waals surface area contributed by atoms with Crippen LogP contribution in [0.4, 0.5) is 0 Å². The largest absolute Gasteiger partial charge is 0.334 e. The first-order chi connectivity index (χ1) is 6.79. The lowest BCUT2D eigenvalue weighted by atomic mass is 10.3. The molecule has 0 radical (unpaired) electrons. The number of H-pyrrole nitrogens is 1. The third-order valence-corrected chi connectivity index (χ3v) is 1.68. The van der Waals surface area contributed by atoms with E-state index in [1.165, 1.54) is 12.3 Å². The SMILES string of the molecule is NCc1noc(-c2ccc(=O)[nH]c2)n1. The van der Waals surface area contributed by atoms with Gasteiger partial charge in [0.25, 0.3) is 5.89 Å². The lowest BCUT2D eigenvalue weighted by molar-refractivity contribution is 0.422. The van der Waals surface area contributed by atoms with Crippen molar-refractivity contribution in [1.82, 2.24) is 15.1 Å². The standard InChI is InChI=1S/C8H8N4O2/c9-3-6-11-8(14-12-6)5-1-2-7(13)10-4-5/h1-2,4H,3,9H2,(H,10,13). The number of aromatic amines is 1. The van der Waals surface area contributed by atoms with Gasteiger partial charge in [0.15, 0.2) is 5.82 Å². The Morgan fingerprint density at radius 2 is 2.36 bits per heavy atom. The molecule has 0 unspecified atom stereocenters. The highest BCUT2D eigenvalue weighted by atomic mass is 16.5. The van der Waals surface area contributed by atoms with E-state index < -0.39 is 0 Å². The summed E-state index contributed by atoms with van der Waals surface area (Å²) in [6.07, 6.45) is 1.51. The van der Waals surface area contributed by atoms with Crippen LogP contribution >= 0.6 is 0 Å². The minimum Gasteiger partial charge on any atom is -0.334 e. The van der Waals surface area contributed by atoms with Crippen molar-refractivity contribution in [3.63, 3.8) is 0 Å². The fraction of sp³-hybridized carbons (Fsp3) is 0.125. The van der Waals surface area contributed by atoms with E-state index in [4.69, 9.17) is 10.3 Å². The Morgan fingerprint density at radius 1 is 1.50 bits per heavy atom. The van der Waals surface area contributed by atoms with Crippen LogP contribution in [0.1, 0.15) is 5.82 Å². The topological polar surface area (TPSA) is 97.8 Å². The van der Waals surface area contributed by atoms with Gasteiger partial charge in [-0.1, -0.05) is 5.16 Å². The van der Waals surface area contributed by atoms with Gasteiger partial charge in [0.1, 0.15) is 0 Å². The highest BCUT2D eigenvalue weighted by Gasteiger charge is 2.06. The maximum Gasteiger partial charge on any atom is 0.259 e. The van der Waals surface area contributed by atoms with Gasteiger partial charge in [0, 0.05) is 12.3 Å². The van der Waals surface area contributed by atoms with Crippen molar-refractivity contribution in [2.24, 2.45) is 5.73 Å². The average molecular weight is 192 g/mol. The number of nitrogens with two attached hydrogens (primary N) is 1. The minimum absolute atomic E-state index is 0.174. The number of aromatic nitrogens is 3. The second kappa shape index (κ2) is 3.43.